The van der Waals surface area contributed by atoms with Gasteiger partial charge >= 0.3 is 0 Å². The Labute approximate surface area is 160 Å². The number of carbonyl (C=O) groups is 2. The van der Waals surface area contributed by atoms with Crippen LogP contribution in [-0.4, -0.2) is 37.9 Å². The van der Waals surface area contributed by atoms with E-state index < -0.39 is 6.04 Å². The number of aromatic amines is 2. The second kappa shape index (κ2) is 6.53. The van der Waals surface area contributed by atoms with Gasteiger partial charge < -0.3 is 15.2 Å². The van der Waals surface area contributed by atoms with E-state index >= 15 is 0 Å². The largest absolute Gasteiger partial charge is 0.361 e. The molecule has 1 aliphatic rings. The van der Waals surface area contributed by atoms with Gasteiger partial charge in [-0.15, -0.1) is 0 Å². The third kappa shape index (κ3) is 2.72. The van der Waals surface area contributed by atoms with Crippen LogP contribution in [0.25, 0.3) is 21.8 Å². The Hall–Kier alpha value is -3.61. The Balaban J connectivity index is 1.40. The summed E-state index contributed by atoms with van der Waals surface area (Å²) in [5, 5.41) is 11.9. The van der Waals surface area contributed by atoms with Gasteiger partial charge in [0.1, 0.15) is 6.04 Å². The zero-order valence-corrected chi connectivity index (χ0v) is 15.1. The SMILES string of the molecule is O=C(Nc1cccc2cn[nH]c12)C1CCC(=O)N1Cc1c[nH]c2ccccc12. The van der Waals surface area contributed by atoms with Gasteiger partial charge in [-0.1, -0.05) is 30.3 Å². The van der Waals surface area contributed by atoms with Crippen LogP contribution in [0.15, 0.2) is 54.9 Å². The average Bonchev–Trinajstić information content (AvgIpc) is 3.42. The molecule has 0 bridgehead atoms. The van der Waals surface area contributed by atoms with Gasteiger partial charge in [0.15, 0.2) is 0 Å². The van der Waals surface area contributed by atoms with E-state index in [-0.39, 0.29) is 11.8 Å². The summed E-state index contributed by atoms with van der Waals surface area (Å²) in [6.07, 6.45) is 4.53. The first kappa shape index (κ1) is 16.6. The number of nitrogens with one attached hydrogen (secondary N) is 3. The van der Waals surface area contributed by atoms with Crippen molar-refractivity contribution in [3.63, 3.8) is 0 Å². The zero-order chi connectivity index (χ0) is 19.1. The Morgan fingerprint density at radius 1 is 1.21 bits per heavy atom. The average molecular weight is 373 g/mol. The van der Waals surface area contributed by atoms with Crippen LogP contribution in [0.4, 0.5) is 5.69 Å². The summed E-state index contributed by atoms with van der Waals surface area (Å²) in [7, 11) is 0. The number of nitrogens with zero attached hydrogens (tertiary/aromatic N) is 2. The Morgan fingerprint density at radius 2 is 2.11 bits per heavy atom. The molecule has 2 aromatic carbocycles. The van der Waals surface area contributed by atoms with Crippen molar-refractivity contribution >= 4 is 39.3 Å². The Morgan fingerprint density at radius 3 is 3.04 bits per heavy atom. The first-order valence-electron chi connectivity index (χ1n) is 9.28. The molecule has 3 N–H and O–H groups in total. The lowest BCUT2D eigenvalue weighted by Crippen LogP contribution is -2.41. The molecule has 7 nitrogen and oxygen atoms in total. The molecule has 0 radical (unpaired) electrons. The summed E-state index contributed by atoms with van der Waals surface area (Å²) >= 11 is 0. The molecule has 140 valence electrons. The number of hydrogen-bond donors (Lipinski definition) is 3. The number of carbonyl (C=O) groups excluding carboxylic acids is 2. The van der Waals surface area contributed by atoms with E-state index in [0.717, 1.165) is 27.4 Å². The molecule has 1 unspecified atom stereocenters. The molecule has 4 aromatic rings. The topological polar surface area (TPSA) is 93.9 Å². The van der Waals surface area contributed by atoms with Crippen molar-refractivity contribution in [3.8, 4) is 0 Å². The zero-order valence-electron chi connectivity index (χ0n) is 15.1. The lowest BCUT2D eigenvalue weighted by atomic mass is 10.1. The molecule has 7 heteroatoms. The first-order chi connectivity index (χ1) is 13.7. The molecule has 1 aliphatic heterocycles. The standard InChI is InChI=1S/C21H19N5O2/c27-19-9-8-18(21(28)24-17-7-3-4-13-11-23-25-20(13)17)26(19)12-14-10-22-16-6-2-1-5-15(14)16/h1-7,10-11,18,22H,8-9,12H2,(H,23,25)(H,24,28). The van der Waals surface area contributed by atoms with Crippen molar-refractivity contribution in [1.29, 1.82) is 0 Å². The summed E-state index contributed by atoms with van der Waals surface area (Å²) < 4.78 is 0. The van der Waals surface area contributed by atoms with Crippen molar-refractivity contribution in [2.24, 2.45) is 0 Å². The van der Waals surface area contributed by atoms with E-state index in [9.17, 15) is 9.59 Å². The first-order valence-corrected chi connectivity index (χ1v) is 9.28. The van der Waals surface area contributed by atoms with Crippen LogP contribution in [0.2, 0.25) is 0 Å². The highest BCUT2D eigenvalue weighted by molar-refractivity contribution is 6.04. The van der Waals surface area contributed by atoms with Crippen LogP contribution in [0.5, 0.6) is 0 Å². The fourth-order valence-electron chi connectivity index (χ4n) is 3.94. The fourth-order valence-corrected chi connectivity index (χ4v) is 3.94. The minimum Gasteiger partial charge on any atom is -0.361 e. The molecule has 0 saturated carbocycles. The maximum Gasteiger partial charge on any atom is 0.247 e. The molecule has 1 atom stereocenters. The molecular weight excluding hydrogens is 354 g/mol. The number of para-hydroxylation sites is 2. The van der Waals surface area contributed by atoms with E-state index in [1.54, 1.807) is 11.1 Å². The summed E-state index contributed by atoms with van der Waals surface area (Å²) in [6, 6.07) is 13.1. The normalized spacial score (nSPS) is 16.9. The molecular formula is C21H19N5O2. The highest BCUT2D eigenvalue weighted by atomic mass is 16.2. The highest BCUT2D eigenvalue weighted by Gasteiger charge is 2.36. The number of amides is 2. The molecule has 28 heavy (non-hydrogen) atoms. The van der Waals surface area contributed by atoms with Crippen LogP contribution in [0.3, 0.4) is 0 Å². The highest BCUT2D eigenvalue weighted by Crippen LogP contribution is 2.27. The lowest BCUT2D eigenvalue weighted by Gasteiger charge is -2.24. The number of anilines is 1. The number of rotatable bonds is 4. The number of benzene rings is 2. The number of H-pyrrole nitrogens is 2. The van der Waals surface area contributed by atoms with Gasteiger partial charge in [-0.25, -0.2) is 0 Å². The second-order valence-electron chi connectivity index (χ2n) is 7.06. The molecule has 3 heterocycles. The molecule has 1 fully saturated rings. The minimum atomic E-state index is -0.487. The van der Waals surface area contributed by atoms with Crippen molar-refractivity contribution in [2.75, 3.05) is 5.32 Å². The summed E-state index contributed by atoms with van der Waals surface area (Å²) in [5.41, 5.74) is 3.49. The van der Waals surface area contributed by atoms with Gasteiger partial charge in [-0.3, -0.25) is 14.7 Å². The van der Waals surface area contributed by atoms with Crippen molar-refractivity contribution < 1.29 is 9.59 Å². The molecule has 5 rings (SSSR count). The van der Waals surface area contributed by atoms with Crippen LogP contribution >= 0.6 is 0 Å². The molecule has 2 amide bonds. The number of hydrogen-bond acceptors (Lipinski definition) is 3. The van der Waals surface area contributed by atoms with Crippen LogP contribution in [0, 0.1) is 0 Å². The van der Waals surface area contributed by atoms with Gasteiger partial charge in [0.2, 0.25) is 11.8 Å². The smallest absolute Gasteiger partial charge is 0.247 e. The van der Waals surface area contributed by atoms with Crippen LogP contribution in [-0.2, 0) is 16.1 Å². The maximum atomic E-state index is 13.0. The molecule has 2 aromatic heterocycles. The maximum absolute atomic E-state index is 13.0. The fraction of sp³-hybridized carbons (Fsp3) is 0.190. The van der Waals surface area contributed by atoms with E-state index in [2.05, 4.69) is 20.5 Å². The predicted molar refractivity (Wildman–Crippen MR) is 107 cm³/mol. The van der Waals surface area contributed by atoms with E-state index in [1.165, 1.54) is 0 Å². The summed E-state index contributed by atoms with van der Waals surface area (Å²) in [6.45, 7) is 0.412. The molecule has 1 saturated heterocycles. The minimum absolute atomic E-state index is 0.00480. The quantitative estimate of drug-likeness (QED) is 0.513. The molecule has 0 spiro atoms. The van der Waals surface area contributed by atoms with Gasteiger partial charge in [-0.05, 0) is 24.1 Å². The van der Waals surface area contributed by atoms with E-state index in [4.69, 9.17) is 0 Å². The van der Waals surface area contributed by atoms with Crippen molar-refractivity contribution in [3.05, 3.63) is 60.4 Å². The van der Waals surface area contributed by atoms with E-state index in [0.29, 0.717) is 25.1 Å². The summed E-state index contributed by atoms with van der Waals surface area (Å²) in [5.74, 6) is -0.169. The second-order valence-corrected chi connectivity index (χ2v) is 7.06. The summed E-state index contributed by atoms with van der Waals surface area (Å²) in [4.78, 5) is 30.4. The monoisotopic (exact) mass is 373 g/mol. The van der Waals surface area contributed by atoms with Gasteiger partial charge in [0.05, 0.1) is 17.4 Å². The van der Waals surface area contributed by atoms with Crippen molar-refractivity contribution in [2.45, 2.75) is 25.4 Å². The van der Waals surface area contributed by atoms with Gasteiger partial charge in [-0.2, -0.15) is 5.10 Å². The van der Waals surface area contributed by atoms with E-state index in [1.807, 2.05) is 48.7 Å². The number of likely N-dealkylation sites (tertiary alicyclic amines) is 1. The van der Waals surface area contributed by atoms with Gasteiger partial charge in [0.25, 0.3) is 0 Å². The third-order valence-electron chi connectivity index (χ3n) is 5.38. The Kier molecular flexibility index (Phi) is 3.86. The lowest BCUT2D eigenvalue weighted by molar-refractivity contribution is -0.133. The number of fused-ring (bicyclic) bond motifs is 2. The van der Waals surface area contributed by atoms with Crippen LogP contribution < -0.4 is 5.32 Å². The Bertz CT molecular complexity index is 1190. The molecule has 0 aliphatic carbocycles. The van der Waals surface area contributed by atoms with Gasteiger partial charge in [0, 0.05) is 35.5 Å². The predicted octanol–water partition coefficient (Wildman–Crippen LogP) is 3.17. The number of aromatic nitrogens is 3. The van der Waals surface area contributed by atoms with Crippen molar-refractivity contribution in [1.82, 2.24) is 20.1 Å². The third-order valence-corrected chi connectivity index (χ3v) is 5.38. The van der Waals surface area contributed by atoms with Crippen LogP contribution in [0.1, 0.15) is 18.4 Å².